The van der Waals surface area contributed by atoms with Crippen LogP contribution in [0.25, 0.3) is 0 Å². The highest BCUT2D eigenvalue weighted by molar-refractivity contribution is 5.43. The van der Waals surface area contributed by atoms with Crippen molar-refractivity contribution in [1.29, 1.82) is 0 Å². The Morgan fingerprint density at radius 2 is 2.00 bits per heavy atom. The molecule has 2 aliphatic rings. The third kappa shape index (κ3) is 4.14. The van der Waals surface area contributed by atoms with Gasteiger partial charge in [0.15, 0.2) is 11.5 Å². The van der Waals surface area contributed by atoms with Gasteiger partial charge in [0.2, 0.25) is 0 Å². The molecule has 2 fully saturated rings. The summed E-state index contributed by atoms with van der Waals surface area (Å²) in [5.74, 6) is 1.71. The smallest absolute Gasteiger partial charge is 0.161 e. The van der Waals surface area contributed by atoms with Gasteiger partial charge in [-0.25, -0.2) is 0 Å². The summed E-state index contributed by atoms with van der Waals surface area (Å²) in [6, 6.07) is 6.24. The van der Waals surface area contributed by atoms with E-state index in [1.807, 2.05) is 6.07 Å². The number of methoxy groups -OCH3 is 1. The highest BCUT2D eigenvalue weighted by atomic mass is 16.5. The van der Waals surface area contributed by atoms with Crippen molar-refractivity contribution in [3.05, 3.63) is 23.8 Å². The number of hydrogen-bond acceptors (Lipinski definition) is 4. The van der Waals surface area contributed by atoms with Gasteiger partial charge >= 0.3 is 0 Å². The first-order valence-corrected chi connectivity index (χ1v) is 8.51. The van der Waals surface area contributed by atoms with E-state index in [4.69, 9.17) is 14.2 Å². The van der Waals surface area contributed by atoms with Crippen molar-refractivity contribution in [1.82, 2.24) is 5.32 Å². The number of hydrogen-bond donors (Lipinski definition) is 1. The second-order valence-electron chi connectivity index (χ2n) is 6.28. The summed E-state index contributed by atoms with van der Waals surface area (Å²) in [4.78, 5) is 0. The summed E-state index contributed by atoms with van der Waals surface area (Å²) in [7, 11) is 1.71. The minimum Gasteiger partial charge on any atom is -0.493 e. The van der Waals surface area contributed by atoms with Crippen LogP contribution in [0, 0.1) is 0 Å². The predicted molar refractivity (Wildman–Crippen MR) is 86.6 cm³/mol. The zero-order valence-electron chi connectivity index (χ0n) is 13.5. The van der Waals surface area contributed by atoms with E-state index in [0.29, 0.717) is 12.2 Å². The average molecular weight is 305 g/mol. The molecular formula is C18H27NO3. The molecule has 0 amide bonds. The van der Waals surface area contributed by atoms with Crippen molar-refractivity contribution in [2.75, 3.05) is 20.3 Å². The van der Waals surface area contributed by atoms with Gasteiger partial charge in [0.25, 0.3) is 0 Å². The van der Waals surface area contributed by atoms with E-state index in [2.05, 4.69) is 17.4 Å². The molecule has 1 heterocycles. The van der Waals surface area contributed by atoms with E-state index in [1.165, 1.54) is 31.2 Å². The quantitative estimate of drug-likeness (QED) is 0.839. The fourth-order valence-corrected chi connectivity index (χ4v) is 3.29. The van der Waals surface area contributed by atoms with E-state index in [1.54, 1.807) is 7.11 Å². The zero-order valence-corrected chi connectivity index (χ0v) is 13.5. The van der Waals surface area contributed by atoms with Crippen LogP contribution in [0.5, 0.6) is 11.5 Å². The van der Waals surface area contributed by atoms with E-state index < -0.39 is 0 Å². The molecule has 1 saturated heterocycles. The monoisotopic (exact) mass is 305 g/mol. The molecule has 1 aromatic carbocycles. The molecule has 0 spiro atoms. The first-order valence-electron chi connectivity index (χ1n) is 8.51. The summed E-state index contributed by atoms with van der Waals surface area (Å²) in [6.07, 6.45) is 7.97. The lowest BCUT2D eigenvalue weighted by atomic mass is 10.2. The summed E-state index contributed by atoms with van der Waals surface area (Å²) in [5.41, 5.74) is 1.22. The van der Waals surface area contributed by atoms with Crippen LogP contribution in [0.1, 0.15) is 44.1 Å². The van der Waals surface area contributed by atoms with E-state index >= 15 is 0 Å². The number of ether oxygens (including phenoxy) is 3. The second kappa shape index (κ2) is 7.84. The van der Waals surface area contributed by atoms with Gasteiger partial charge < -0.3 is 19.5 Å². The van der Waals surface area contributed by atoms with Crippen molar-refractivity contribution < 1.29 is 14.2 Å². The summed E-state index contributed by atoms with van der Waals surface area (Å²) in [6.45, 7) is 2.66. The van der Waals surface area contributed by atoms with Crippen LogP contribution in [0.4, 0.5) is 0 Å². The van der Waals surface area contributed by atoms with Crippen molar-refractivity contribution >= 4 is 0 Å². The predicted octanol–water partition coefficient (Wildman–Crippen LogP) is 3.29. The van der Waals surface area contributed by atoms with E-state index in [9.17, 15) is 0 Å². The Labute approximate surface area is 133 Å². The van der Waals surface area contributed by atoms with E-state index in [0.717, 1.165) is 44.0 Å². The largest absolute Gasteiger partial charge is 0.493 e. The maximum atomic E-state index is 6.07. The lowest BCUT2D eigenvalue weighted by Gasteiger charge is -2.17. The third-order valence-corrected chi connectivity index (χ3v) is 4.55. The lowest BCUT2D eigenvalue weighted by molar-refractivity contribution is 0.110. The van der Waals surface area contributed by atoms with E-state index in [-0.39, 0.29) is 0 Å². The molecule has 1 saturated carbocycles. The Balaban J connectivity index is 1.53. The minimum atomic E-state index is 0.359. The van der Waals surface area contributed by atoms with Crippen LogP contribution in [0.15, 0.2) is 18.2 Å². The normalized spacial score (nSPS) is 22.1. The lowest BCUT2D eigenvalue weighted by Crippen LogP contribution is -2.25. The van der Waals surface area contributed by atoms with Gasteiger partial charge in [0.05, 0.1) is 19.3 Å². The SMILES string of the molecule is COc1cc(CNCC2CCCO2)ccc1OC1CCCC1. The number of rotatable bonds is 7. The van der Waals surface area contributed by atoms with Crippen LogP contribution >= 0.6 is 0 Å². The minimum absolute atomic E-state index is 0.359. The maximum absolute atomic E-state index is 6.07. The molecule has 4 heteroatoms. The highest BCUT2D eigenvalue weighted by Gasteiger charge is 2.18. The van der Waals surface area contributed by atoms with Crippen LogP contribution in [0.2, 0.25) is 0 Å². The Hall–Kier alpha value is -1.26. The molecule has 1 atom stereocenters. The fraction of sp³-hybridized carbons (Fsp3) is 0.667. The molecule has 122 valence electrons. The summed E-state index contributed by atoms with van der Waals surface area (Å²) in [5, 5.41) is 3.47. The first-order chi connectivity index (χ1) is 10.8. The van der Waals surface area contributed by atoms with Gasteiger partial charge in [0, 0.05) is 19.7 Å². The highest BCUT2D eigenvalue weighted by Crippen LogP contribution is 2.32. The van der Waals surface area contributed by atoms with Crippen LogP contribution in [0.3, 0.4) is 0 Å². The molecule has 4 nitrogen and oxygen atoms in total. The second-order valence-corrected chi connectivity index (χ2v) is 6.28. The van der Waals surface area contributed by atoms with Crippen molar-refractivity contribution in [2.45, 2.75) is 57.3 Å². The maximum Gasteiger partial charge on any atom is 0.161 e. The Bertz CT molecular complexity index is 465. The van der Waals surface area contributed by atoms with Crippen molar-refractivity contribution in [2.24, 2.45) is 0 Å². The molecule has 1 aliphatic heterocycles. The molecule has 1 aromatic rings. The molecule has 22 heavy (non-hydrogen) atoms. The van der Waals surface area contributed by atoms with Gasteiger partial charge in [-0.3, -0.25) is 0 Å². The van der Waals surface area contributed by atoms with Gasteiger partial charge in [-0.05, 0) is 56.2 Å². The average Bonchev–Trinajstić information content (AvgIpc) is 3.22. The molecule has 0 radical (unpaired) electrons. The topological polar surface area (TPSA) is 39.7 Å². The van der Waals surface area contributed by atoms with Crippen molar-refractivity contribution in [3.63, 3.8) is 0 Å². The third-order valence-electron chi connectivity index (χ3n) is 4.55. The Morgan fingerprint density at radius 3 is 2.73 bits per heavy atom. The molecular weight excluding hydrogens is 278 g/mol. The van der Waals surface area contributed by atoms with Gasteiger partial charge in [-0.2, -0.15) is 0 Å². The fourth-order valence-electron chi connectivity index (χ4n) is 3.29. The van der Waals surface area contributed by atoms with Gasteiger partial charge in [-0.1, -0.05) is 6.07 Å². The molecule has 0 aromatic heterocycles. The van der Waals surface area contributed by atoms with Crippen LogP contribution < -0.4 is 14.8 Å². The number of nitrogens with one attached hydrogen (secondary N) is 1. The van der Waals surface area contributed by atoms with Crippen LogP contribution in [-0.4, -0.2) is 32.5 Å². The van der Waals surface area contributed by atoms with Crippen molar-refractivity contribution in [3.8, 4) is 11.5 Å². The van der Waals surface area contributed by atoms with Crippen LogP contribution in [-0.2, 0) is 11.3 Å². The summed E-state index contributed by atoms with van der Waals surface area (Å²) < 4.78 is 17.2. The summed E-state index contributed by atoms with van der Waals surface area (Å²) >= 11 is 0. The first kappa shape index (κ1) is 15.6. The van der Waals surface area contributed by atoms with Gasteiger partial charge in [0.1, 0.15) is 0 Å². The molecule has 0 bridgehead atoms. The molecule has 3 rings (SSSR count). The Kier molecular flexibility index (Phi) is 5.57. The number of benzene rings is 1. The zero-order chi connectivity index (χ0) is 15.2. The Morgan fingerprint density at radius 1 is 1.14 bits per heavy atom. The molecule has 1 N–H and O–H groups in total. The standard InChI is InChI=1S/C18H27NO3/c1-20-18-11-14(12-19-13-16-7-4-10-21-16)8-9-17(18)22-15-5-2-3-6-15/h8-9,11,15-16,19H,2-7,10,12-13H2,1H3. The molecule has 1 aliphatic carbocycles. The molecule has 1 unspecified atom stereocenters. The van der Waals surface area contributed by atoms with Gasteiger partial charge in [-0.15, -0.1) is 0 Å².